The summed E-state index contributed by atoms with van der Waals surface area (Å²) in [4.78, 5) is 12.5. The van der Waals surface area contributed by atoms with Gasteiger partial charge in [-0.05, 0) is 68.0 Å². The molecule has 31 heavy (non-hydrogen) atoms. The third-order valence-corrected chi connectivity index (χ3v) is 6.60. The van der Waals surface area contributed by atoms with Gasteiger partial charge in [-0.15, -0.1) is 0 Å². The normalized spacial score (nSPS) is 15.1. The molecule has 1 unspecified atom stereocenters. The first-order valence-corrected chi connectivity index (χ1v) is 11.5. The predicted molar refractivity (Wildman–Crippen MR) is 118 cm³/mol. The van der Waals surface area contributed by atoms with Crippen molar-refractivity contribution in [2.75, 3.05) is 0 Å². The van der Waals surface area contributed by atoms with E-state index in [0.29, 0.717) is 22.8 Å². The van der Waals surface area contributed by atoms with Crippen molar-refractivity contribution in [2.24, 2.45) is 11.7 Å². The van der Waals surface area contributed by atoms with Gasteiger partial charge in [0.2, 0.25) is 0 Å². The summed E-state index contributed by atoms with van der Waals surface area (Å²) in [5, 5.41) is 5.83. The number of nitrogens with two attached hydrogens (primary N) is 1. The molecule has 2 aromatic heterocycles. The lowest BCUT2D eigenvalue weighted by molar-refractivity contribution is 0.100. The van der Waals surface area contributed by atoms with Gasteiger partial charge in [0.05, 0.1) is 16.8 Å². The number of aryl methyl sites for hydroxylation is 2. The number of nitrogens with zero attached hydrogens (tertiary/aromatic N) is 2. The van der Waals surface area contributed by atoms with E-state index in [2.05, 4.69) is 9.72 Å². The van der Waals surface area contributed by atoms with E-state index in [-0.39, 0.29) is 5.75 Å². The Morgan fingerprint density at radius 1 is 1.26 bits per heavy atom. The van der Waals surface area contributed by atoms with Crippen molar-refractivity contribution in [3.05, 3.63) is 52.9 Å². The van der Waals surface area contributed by atoms with Gasteiger partial charge >= 0.3 is 0 Å². The molecule has 1 fully saturated rings. The van der Waals surface area contributed by atoms with Crippen LogP contribution in [0.5, 0.6) is 0 Å². The number of benzene rings is 2. The highest BCUT2D eigenvalue weighted by atomic mass is 32.2. The number of aromatic nitrogens is 2. The Morgan fingerprint density at radius 3 is 2.65 bits per heavy atom. The molecule has 4 aromatic rings. The summed E-state index contributed by atoms with van der Waals surface area (Å²) in [7, 11) is 0. The van der Waals surface area contributed by atoms with Crippen LogP contribution < -0.4 is 5.73 Å². The number of primary amides is 1. The lowest BCUT2D eigenvalue weighted by Crippen LogP contribution is -2.14. The highest BCUT2D eigenvalue weighted by Gasteiger charge is 2.26. The van der Waals surface area contributed by atoms with Crippen molar-refractivity contribution in [3.8, 4) is 11.1 Å². The number of carbonyl (C=O) groups is 1. The lowest BCUT2D eigenvalue weighted by Gasteiger charge is -2.11. The first kappa shape index (κ1) is 20.0. The zero-order valence-electron chi connectivity index (χ0n) is 17.3. The monoisotopic (exact) mass is 436 g/mol. The van der Waals surface area contributed by atoms with E-state index in [1.165, 1.54) is 0 Å². The minimum absolute atomic E-state index is 0.0581. The highest BCUT2D eigenvalue weighted by Crippen LogP contribution is 2.40. The molecule has 0 aliphatic heterocycles. The van der Waals surface area contributed by atoms with E-state index < -0.39 is 17.0 Å². The summed E-state index contributed by atoms with van der Waals surface area (Å²) in [6.07, 6.45) is 2.33. The smallest absolute Gasteiger partial charge is 0.250 e. The molecule has 1 aliphatic carbocycles. The number of hydrogen-bond donors (Lipinski definition) is 1. The van der Waals surface area contributed by atoms with Crippen LogP contribution in [0, 0.1) is 19.8 Å². The van der Waals surface area contributed by atoms with Gasteiger partial charge in [0, 0.05) is 34.2 Å². The van der Waals surface area contributed by atoms with E-state index in [0.717, 1.165) is 58.0 Å². The van der Waals surface area contributed by atoms with Crippen LogP contribution in [0.3, 0.4) is 0 Å². The van der Waals surface area contributed by atoms with Crippen molar-refractivity contribution < 1.29 is 18.1 Å². The average Bonchev–Trinajstić information content (AvgIpc) is 3.40. The Kier molecular flexibility index (Phi) is 4.71. The van der Waals surface area contributed by atoms with Crippen LogP contribution in [0.1, 0.15) is 40.2 Å². The van der Waals surface area contributed by atoms with E-state index in [1.54, 1.807) is 0 Å². The molecule has 1 amide bonds. The summed E-state index contributed by atoms with van der Waals surface area (Å²) >= 11 is -2.18. The molecule has 7 nitrogen and oxygen atoms in total. The van der Waals surface area contributed by atoms with Gasteiger partial charge in [-0.25, -0.2) is 0 Å². The van der Waals surface area contributed by atoms with Crippen LogP contribution in [-0.4, -0.2) is 24.4 Å². The summed E-state index contributed by atoms with van der Waals surface area (Å²) in [5.74, 6) is 0.684. The minimum Gasteiger partial charge on any atom is -0.772 e. The number of fused-ring (bicyclic) bond motifs is 3. The Hall–Kier alpha value is -2.97. The average molecular weight is 437 g/mol. The number of carbonyl (C=O) groups excluding carboxylic acids is 1. The summed E-state index contributed by atoms with van der Waals surface area (Å²) in [6, 6.07) is 9.52. The van der Waals surface area contributed by atoms with E-state index >= 15 is 0 Å². The van der Waals surface area contributed by atoms with Crippen LogP contribution in [-0.2, 0) is 23.4 Å². The van der Waals surface area contributed by atoms with Gasteiger partial charge < -0.3 is 19.4 Å². The third-order valence-electron chi connectivity index (χ3n) is 6.03. The Bertz CT molecular complexity index is 1360. The number of rotatable bonds is 6. The third kappa shape index (κ3) is 3.45. The van der Waals surface area contributed by atoms with Crippen LogP contribution in [0.2, 0.25) is 0 Å². The molecular formula is C23H22N3O4S-. The lowest BCUT2D eigenvalue weighted by atomic mass is 9.97. The largest absolute Gasteiger partial charge is 0.772 e. The maximum atomic E-state index is 12.5. The fraction of sp³-hybridized carbons (Fsp3) is 0.304. The predicted octanol–water partition coefficient (Wildman–Crippen LogP) is 3.95. The van der Waals surface area contributed by atoms with Gasteiger partial charge in [-0.3, -0.25) is 9.00 Å². The molecule has 0 bridgehead atoms. The van der Waals surface area contributed by atoms with Gasteiger partial charge in [-0.1, -0.05) is 22.3 Å². The molecule has 1 saturated carbocycles. The zero-order chi connectivity index (χ0) is 21.9. The van der Waals surface area contributed by atoms with Crippen molar-refractivity contribution in [1.82, 2.24) is 9.72 Å². The molecule has 1 atom stereocenters. The van der Waals surface area contributed by atoms with Crippen molar-refractivity contribution >= 4 is 38.8 Å². The zero-order valence-corrected chi connectivity index (χ0v) is 18.1. The van der Waals surface area contributed by atoms with Gasteiger partial charge in [0.1, 0.15) is 5.76 Å². The molecule has 160 valence electrons. The van der Waals surface area contributed by atoms with Crippen molar-refractivity contribution in [3.63, 3.8) is 0 Å². The fourth-order valence-corrected chi connectivity index (χ4v) is 4.94. The second-order valence-electron chi connectivity index (χ2n) is 8.34. The van der Waals surface area contributed by atoms with E-state index in [1.807, 2.05) is 44.2 Å². The molecule has 0 saturated heterocycles. The van der Waals surface area contributed by atoms with Crippen LogP contribution in [0.25, 0.3) is 32.9 Å². The maximum absolute atomic E-state index is 12.5. The second kappa shape index (κ2) is 7.32. The van der Waals surface area contributed by atoms with Crippen molar-refractivity contribution in [1.29, 1.82) is 0 Å². The summed E-state index contributed by atoms with van der Waals surface area (Å²) in [5.41, 5.74) is 11.1. The number of amides is 1. The minimum atomic E-state index is -2.18. The Morgan fingerprint density at radius 2 is 2.03 bits per heavy atom. The van der Waals surface area contributed by atoms with Gasteiger partial charge in [-0.2, -0.15) is 0 Å². The van der Waals surface area contributed by atoms with Crippen LogP contribution >= 0.6 is 0 Å². The first-order chi connectivity index (χ1) is 14.8. The Labute approximate surface area is 181 Å². The molecule has 1 aliphatic rings. The quantitative estimate of drug-likeness (QED) is 0.460. The maximum Gasteiger partial charge on any atom is 0.250 e. The van der Waals surface area contributed by atoms with E-state index in [4.69, 9.17) is 10.3 Å². The molecule has 2 aromatic carbocycles. The fourth-order valence-electron chi connectivity index (χ4n) is 4.49. The molecule has 2 heterocycles. The van der Waals surface area contributed by atoms with Crippen LogP contribution in [0.4, 0.5) is 0 Å². The molecule has 8 heteroatoms. The SMILES string of the molecule is Cc1noc(C)c1-c1cc(C(N)=O)c2c(c1)c1cc(CS(=O)[O-])ccc1n2CC1CC1. The van der Waals surface area contributed by atoms with Gasteiger partial charge in [0.25, 0.3) is 5.91 Å². The molecule has 5 rings (SSSR count). The standard InChI is InChI=1S/C23H23N3O4S/c1-12-21(13(2)30-25-12)16-8-18-17-7-15(11-31(28)29)5-6-20(17)26(10-14-3-4-14)22(18)19(9-16)23(24)27/h5-9,14H,3-4,10-11H2,1-2H3,(H2,24,27)(H,28,29)/p-1. The topological polar surface area (TPSA) is 114 Å². The number of hydrogen-bond acceptors (Lipinski definition) is 5. The highest BCUT2D eigenvalue weighted by molar-refractivity contribution is 7.78. The molecule has 2 N–H and O–H groups in total. The summed E-state index contributed by atoms with van der Waals surface area (Å²) < 4.78 is 30.0. The first-order valence-electron chi connectivity index (χ1n) is 10.2. The molecule has 0 spiro atoms. The van der Waals surface area contributed by atoms with Crippen molar-refractivity contribution in [2.45, 2.75) is 39.0 Å². The van der Waals surface area contributed by atoms with Gasteiger partial charge in [0.15, 0.2) is 0 Å². The van der Waals surface area contributed by atoms with Crippen LogP contribution in [0.15, 0.2) is 34.9 Å². The molecular weight excluding hydrogens is 414 g/mol. The summed E-state index contributed by atoms with van der Waals surface area (Å²) in [6.45, 7) is 4.50. The second-order valence-corrected chi connectivity index (χ2v) is 9.23. The van der Waals surface area contributed by atoms with E-state index in [9.17, 15) is 13.6 Å². The molecule has 0 radical (unpaired) electrons. The Balaban J connectivity index is 1.87.